The molecule has 3 amide bonds. The summed E-state index contributed by atoms with van der Waals surface area (Å²) in [6.45, 7) is 3.80. The Bertz CT molecular complexity index is 664. The van der Waals surface area contributed by atoms with Crippen molar-refractivity contribution >= 4 is 42.3 Å². The number of hydrogen-bond donors (Lipinski definition) is 8. The number of thiol groups is 1. The van der Waals surface area contributed by atoms with E-state index in [-0.39, 0.29) is 18.1 Å². The fourth-order valence-electron chi connectivity index (χ4n) is 2.72. The number of carboxylic acid groups (broad SMARTS) is 2. The normalized spacial score (nSPS) is 15.5. The maximum Gasteiger partial charge on any atom is 0.326 e. The monoisotopic (exact) mass is 477 g/mol. The van der Waals surface area contributed by atoms with Gasteiger partial charge in [-0.25, -0.2) is 4.79 Å². The number of rotatable bonds is 16. The quantitative estimate of drug-likeness (QED) is 0.0950. The van der Waals surface area contributed by atoms with Crippen LogP contribution >= 0.6 is 12.6 Å². The fraction of sp³-hybridized carbons (Fsp3) is 0.737. The van der Waals surface area contributed by atoms with Crippen molar-refractivity contribution in [1.82, 2.24) is 16.0 Å². The summed E-state index contributed by atoms with van der Waals surface area (Å²) in [7, 11) is 0. The van der Waals surface area contributed by atoms with E-state index >= 15 is 0 Å². The van der Waals surface area contributed by atoms with Crippen molar-refractivity contribution in [2.45, 2.75) is 70.1 Å². The Morgan fingerprint density at radius 3 is 1.97 bits per heavy atom. The SMILES string of the molecule is CCC(C)C(NC(=O)C(CCCCN)NC(=O)C(CC(=O)O)NC(=O)C(N)CS)C(=O)O. The molecule has 0 rings (SSSR count). The van der Waals surface area contributed by atoms with Gasteiger partial charge in [0.25, 0.3) is 0 Å². The summed E-state index contributed by atoms with van der Waals surface area (Å²) < 4.78 is 0. The number of aliphatic carboxylic acids is 2. The van der Waals surface area contributed by atoms with Crippen LogP contribution in [0.1, 0.15) is 46.0 Å². The molecule has 0 aromatic rings. The Morgan fingerprint density at radius 2 is 1.50 bits per heavy atom. The van der Waals surface area contributed by atoms with Crippen LogP contribution in [0.25, 0.3) is 0 Å². The third-order valence-corrected chi connectivity index (χ3v) is 5.30. The lowest BCUT2D eigenvalue weighted by Crippen LogP contribution is -2.58. The predicted molar refractivity (Wildman–Crippen MR) is 120 cm³/mol. The maximum absolute atomic E-state index is 12.8. The molecule has 5 atom stereocenters. The molecule has 0 fully saturated rings. The summed E-state index contributed by atoms with van der Waals surface area (Å²) in [5.74, 6) is -5.35. The van der Waals surface area contributed by atoms with Crippen molar-refractivity contribution in [1.29, 1.82) is 0 Å². The van der Waals surface area contributed by atoms with Crippen molar-refractivity contribution in [3.8, 4) is 0 Å². The highest BCUT2D eigenvalue weighted by atomic mass is 32.1. The van der Waals surface area contributed by atoms with Crippen molar-refractivity contribution in [2.24, 2.45) is 17.4 Å². The van der Waals surface area contributed by atoms with E-state index in [1.807, 2.05) is 0 Å². The number of amides is 3. The number of carbonyl (C=O) groups excluding carboxylic acids is 3. The Kier molecular flexibility index (Phi) is 14.3. The average molecular weight is 478 g/mol. The van der Waals surface area contributed by atoms with Gasteiger partial charge in [0.05, 0.1) is 12.5 Å². The van der Waals surface area contributed by atoms with Crippen LogP contribution in [0, 0.1) is 5.92 Å². The molecular formula is C19H35N5O7S. The molecule has 0 aromatic heterocycles. The lowest BCUT2D eigenvalue weighted by molar-refractivity contribution is -0.144. The lowest BCUT2D eigenvalue weighted by atomic mass is 9.98. The second-order valence-electron chi connectivity index (χ2n) is 7.50. The van der Waals surface area contributed by atoms with Gasteiger partial charge >= 0.3 is 11.9 Å². The maximum atomic E-state index is 12.8. The molecule has 0 aliphatic rings. The Morgan fingerprint density at radius 1 is 0.938 bits per heavy atom. The van der Waals surface area contributed by atoms with Gasteiger partial charge in [-0.3, -0.25) is 19.2 Å². The molecule has 32 heavy (non-hydrogen) atoms. The average Bonchev–Trinajstić information content (AvgIpc) is 2.74. The minimum absolute atomic E-state index is 0.0243. The van der Waals surface area contributed by atoms with Crippen molar-refractivity contribution < 1.29 is 34.2 Å². The molecule has 0 heterocycles. The number of nitrogens with one attached hydrogen (secondary N) is 3. The van der Waals surface area contributed by atoms with Gasteiger partial charge in [0.2, 0.25) is 17.7 Å². The minimum Gasteiger partial charge on any atom is -0.481 e. The largest absolute Gasteiger partial charge is 0.481 e. The van der Waals surface area contributed by atoms with Crippen molar-refractivity contribution in [3.63, 3.8) is 0 Å². The van der Waals surface area contributed by atoms with Crippen LogP contribution in [0.4, 0.5) is 0 Å². The topological polar surface area (TPSA) is 214 Å². The molecule has 0 saturated heterocycles. The number of unbranched alkanes of at least 4 members (excludes halogenated alkanes) is 1. The molecule has 0 saturated carbocycles. The van der Waals surface area contributed by atoms with E-state index in [0.29, 0.717) is 25.8 Å². The number of carboxylic acids is 2. The van der Waals surface area contributed by atoms with Crippen LogP contribution < -0.4 is 27.4 Å². The molecule has 13 heteroatoms. The molecule has 5 unspecified atom stereocenters. The van der Waals surface area contributed by atoms with E-state index in [1.165, 1.54) is 0 Å². The van der Waals surface area contributed by atoms with Gasteiger partial charge in [-0.2, -0.15) is 12.6 Å². The summed E-state index contributed by atoms with van der Waals surface area (Å²) in [6.07, 6.45) is 0.916. The van der Waals surface area contributed by atoms with E-state index in [1.54, 1.807) is 13.8 Å². The Balaban J connectivity index is 5.53. The molecule has 9 N–H and O–H groups in total. The van der Waals surface area contributed by atoms with Crippen LogP contribution in [0.15, 0.2) is 0 Å². The first-order valence-corrected chi connectivity index (χ1v) is 11.0. The molecule has 0 aliphatic carbocycles. The van der Waals surface area contributed by atoms with Gasteiger partial charge in [-0.1, -0.05) is 20.3 Å². The van der Waals surface area contributed by atoms with Crippen molar-refractivity contribution in [3.05, 3.63) is 0 Å². The molecule has 0 spiro atoms. The smallest absolute Gasteiger partial charge is 0.326 e. The van der Waals surface area contributed by atoms with Crippen LogP contribution in [0.3, 0.4) is 0 Å². The first-order chi connectivity index (χ1) is 15.0. The van der Waals surface area contributed by atoms with E-state index in [2.05, 4.69) is 28.6 Å². The minimum atomic E-state index is -1.49. The van der Waals surface area contributed by atoms with E-state index < -0.39 is 60.2 Å². The first kappa shape index (κ1) is 29.6. The molecular weight excluding hydrogens is 442 g/mol. The van der Waals surface area contributed by atoms with Gasteiger partial charge < -0.3 is 37.6 Å². The Hall–Kier alpha value is -2.38. The fourth-order valence-corrected chi connectivity index (χ4v) is 2.88. The zero-order chi connectivity index (χ0) is 24.8. The summed E-state index contributed by atoms with van der Waals surface area (Å²) in [4.78, 5) is 60.2. The lowest BCUT2D eigenvalue weighted by Gasteiger charge is -2.26. The standard InChI is InChI=1S/C19H35N5O7S/c1-3-10(2)15(19(30)31)24-17(28)12(6-4-5-7-20)22-18(29)13(8-14(25)26)23-16(27)11(21)9-32/h10-13,15,32H,3-9,20-21H2,1-2H3,(H,22,29)(H,23,27)(H,24,28)(H,25,26)(H,30,31). The Labute approximate surface area is 192 Å². The molecule has 0 radical (unpaired) electrons. The van der Waals surface area contributed by atoms with Gasteiger partial charge in [0.1, 0.15) is 18.1 Å². The number of hydrogen-bond acceptors (Lipinski definition) is 8. The van der Waals surface area contributed by atoms with E-state index in [0.717, 1.165) is 0 Å². The molecule has 0 bridgehead atoms. The summed E-state index contributed by atoms with van der Waals surface area (Å²) in [6, 6.07) is -4.85. The zero-order valence-electron chi connectivity index (χ0n) is 18.4. The molecule has 0 aliphatic heterocycles. The van der Waals surface area contributed by atoms with Crippen LogP contribution in [0.5, 0.6) is 0 Å². The zero-order valence-corrected chi connectivity index (χ0v) is 19.3. The van der Waals surface area contributed by atoms with Gasteiger partial charge in [-0.15, -0.1) is 0 Å². The highest BCUT2D eigenvalue weighted by molar-refractivity contribution is 7.80. The number of carbonyl (C=O) groups is 5. The van der Waals surface area contributed by atoms with Crippen molar-refractivity contribution in [2.75, 3.05) is 12.3 Å². The molecule has 0 aromatic carbocycles. The van der Waals surface area contributed by atoms with E-state index in [9.17, 15) is 29.1 Å². The second kappa shape index (κ2) is 15.4. The number of nitrogens with two attached hydrogens (primary N) is 2. The molecule has 12 nitrogen and oxygen atoms in total. The van der Waals surface area contributed by atoms with Crippen LogP contribution in [-0.2, 0) is 24.0 Å². The highest BCUT2D eigenvalue weighted by Gasteiger charge is 2.32. The van der Waals surface area contributed by atoms with Crippen LogP contribution in [-0.4, -0.2) is 76.3 Å². The molecule has 184 valence electrons. The van der Waals surface area contributed by atoms with Gasteiger partial charge in [0.15, 0.2) is 0 Å². The first-order valence-electron chi connectivity index (χ1n) is 10.4. The third-order valence-electron chi connectivity index (χ3n) is 4.90. The third kappa shape index (κ3) is 10.8. The summed E-state index contributed by atoms with van der Waals surface area (Å²) in [5, 5.41) is 25.6. The summed E-state index contributed by atoms with van der Waals surface area (Å²) in [5.41, 5.74) is 11.0. The van der Waals surface area contributed by atoms with E-state index in [4.69, 9.17) is 16.6 Å². The predicted octanol–water partition coefficient (Wildman–Crippen LogP) is -1.57. The highest BCUT2D eigenvalue weighted by Crippen LogP contribution is 2.10. The summed E-state index contributed by atoms with van der Waals surface area (Å²) >= 11 is 3.89. The second-order valence-corrected chi connectivity index (χ2v) is 7.87. The van der Waals surface area contributed by atoms with Gasteiger partial charge in [-0.05, 0) is 31.7 Å². The van der Waals surface area contributed by atoms with Crippen LogP contribution in [0.2, 0.25) is 0 Å². The van der Waals surface area contributed by atoms with Gasteiger partial charge in [0, 0.05) is 5.75 Å².